The second-order valence-electron chi connectivity index (χ2n) is 8.86. The molecular formula is C32H36IrNO2-. The number of aliphatic hydroxyl groups is 1. The van der Waals surface area contributed by atoms with Crippen molar-refractivity contribution < 1.29 is 30.0 Å². The smallest absolute Gasteiger partial charge is 0.162 e. The third-order valence-electron chi connectivity index (χ3n) is 6.64. The molecular weight excluding hydrogens is 623 g/mol. The second kappa shape index (κ2) is 14.7. The minimum atomic E-state index is 0. The fraction of sp³-hybridized carbons (Fsp3) is 0.312. The second-order valence-corrected chi connectivity index (χ2v) is 8.86. The Morgan fingerprint density at radius 2 is 1.42 bits per heavy atom. The number of carbonyl (C=O) groups excluding carboxylic acids is 1. The Morgan fingerprint density at radius 3 is 2.06 bits per heavy atom. The van der Waals surface area contributed by atoms with Crippen molar-refractivity contribution in [2.24, 2.45) is 11.8 Å². The molecule has 4 rings (SSSR count). The summed E-state index contributed by atoms with van der Waals surface area (Å²) >= 11 is 0. The standard InChI is InChI=1S/C19H12N.C13H24O2.Ir/c1-2-7-16-13-17(10-9-14(16)5-1)19-12-11-15-6-3-4-8-18(15)20-19;1-5-10(6-2)12(14)9-13(15)11(7-3)8-4;/h1-9,11-13H;9-11,14H,5-8H2,1-4H3;/q-1;;/b;12-9-;. The minimum Gasteiger partial charge on any atom is -0.512 e. The van der Waals surface area contributed by atoms with Gasteiger partial charge >= 0.3 is 0 Å². The molecule has 0 fully saturated rings. The number of carbonyl (C=O) groups is 1. The number of pyridine rings is 1. The molecule has 1 aromatic heterocycles. The van der Waals surface area contributed by atoms with Crippen molar-refractivity contribution in [3.8, 4) is 11.3 Å². The van der Waals surface area contributed by atoms with Crippen LogP contribution in [0.5, 0.6) is 0 Å². The summed E-state index contributed by atoms with van der Waals surface area (Å²) in [6, 6.07) is 28.2. The minimum absolute atomic E-state index is 0. The van der Waals surface area contributed by atoms with Gasteiger partial charge in [0, 0.05) is 38.0 Å². The van der Waals surface area contributed by atoms with E-state index in [1.54, 1.807) is 0 Å². The Kier molecular flexibility index (Phi) is 12.0. The van der Waals surface area contributed by atoms with Gasteiger partial charge < -0.3 is 5.11 Å². The Balaban J connectivity index is 0.000000260. The summed E-state index contributed by atoms with van der Waals surface area (Å²) in [7, 11) is 0. The molecule has 3 nitrogen and oxygen atoms in total. The van der Waals surface area contributed by atoms with E-state index in [0.717, 1.165) is 47.8 Å². The van der Waals surface area contributed by atoms with E-state index in [2.05, 4.69) is 48.5 Å². The molecule has 0 atom stereocenters. The van der Waals surface area contributed by atoms with Crippen molar-refractivity contribution in [2.45, 2.75) is 53.4 Å². The number of rotatable bonds is 8. The van der Waals surface area contributed by atoms with Gasteiger partial charge in [0.1, 0.15) is 0 Å². The molecule has 4 heteroatoms. The summed E-state index contributed by atoms with van der Waals surface area (Å²) in [6.45, 7) is 8.07. The Hall–Kier alpha value is -2.81. The summed E-state index contributed by atoms with van der Waals surface area (Å²) in [5, 5.41) is 13.3. The van der Waals surface area contributed by atoms with Gasteiger partial charge in [0.2, 0.25) is 0 Å². The molecule has 0 saturated heterocycles. The number of nitrogens with zero attached hydrogens (tertiary/aromatic N) is 1. The van der Waals surface area contributed by atoms with Crippen molar-refractivity contribution in [2.75, 3.05) is 0 Å². The first-order valence-corrected chi connectivity index (χ1v) is 12.7. The zero-order chi connectivity index (χ0) is 25.2. The maximum atomic E-state index is 11.7. The topological polar surface area (TPSA) is 50.2 Å². The van der Waals surface area contributed by atoms with Gasteiger partial charge in [0.05, 0.1) is 11.3 Å². The van der Waals surface area contributed by atoms with Crippen LogP contribution in [0, 0.1) is 17.9 Å². The number of allylic oxidation sites excluding steroid dienone is 2. The van der Waals surface area contributed by atoms with Gasteiger partial charge in [-0.25, -0.2) is 0 Å². The quantitative estimate of drug-likeness (QED) is 0.117. The van der Waals surface area contributed by atoms with Gasteiger partial charge in [0.15, 0.2) is 5.78 Å². The van der Waals surface area contributed by atoms with E-state index in [-0.39, 0.29) is 43.5 Å². The molecule has 1 N–H and O–H groups in total. The molecule has 0 aliphatic rings. The van der Waals surface area contributed by atoms with Crippen LogP contribution in [0.3, 0.4) is 0 Å². The van der Waals surface area contributed by atoms with Crippen molar-refractivity contribution in [3.63, 3.8) is 0 Å². The third kappa shape index (κ3) is 7.59. The van der Waals surface area contributed by atoms with Crippen LogP contribution in [0.15, 0.2) is 84.6 Å². The van der Waals surface area contributed by atoms with Crippen LogP contribution in [-0.2, 0) is 24.9 Å². The first kappa shape index (κ1) is 29.4. The van der Waals surface area contributed by atoms with Crippen LogP contribution >= 0.6 is 0 Å². The van der Waals surface area contributed by atoms with Crippen molar-refractivity contribution in [1.82, 2.24) is 4.98 Å². The van der Waals surface area contributed by atoms with Gasteiger partial charge in [-0.1, -0.05) is 87.7 Å². The van der Waals surface area contributed by atoms with E-state index >= 15 is 0 Å². The van der Waals surface area contributed by atoms with E-state index < -0.39 is 0 Å². The van der Waals surface area contributed by atoms with Crippen LogP contribution in [-0.4, -0.2) is 15.9 Å². The number of ketones is 1. The largest absolute Gasteiger partial charge is 0.512 e. The number of fused-ring (bicyclic) bond motifs is 2. The fourth-order valence-corrected chi connectivity index (χ4v) is 4.27. The fourth-order valence-electron chi connectivity index (χ4n) is 4.27. The van der Waals surface area contributed by atoms with Crippen LogP contribution in [0.25, 0.3) is 32.9 Å². The number of hydrogen-bond donors (Lipinski definition) is 1. The molecule has 3 aromatic carbocycles. The van der Waals surface area contributed by atoms with Crippen molar-refractivity contribution in [1.29, 1.82) is 0 Å². The van der Waals surface area contributed by atoms with Gasteiger partial charge in [-0.2, -0.15) is 0 Å². The average molecular weight is 659 g/mol. The molecule has 0 aliphatic carbocycles. The number of para-hydroxylation sites is 1. The van der Waals surface area contributed by atoms with Crippen LogP contribution in [0.4, 0.5) is 0 Å². The molecule has 0 amide bonds. The maximum Gasteiger partial charge on any atom is 0.162 e. The van der Waals surface area contributed by atoms with Crippen LogP contribution in [0.1, 0.15) is 53.4 Å². The molecule has 191 valence electrons. The monoisotopic (exact) mass is 659 g/mol. The predicted octanol–water partition coefficient (Wildman–Crippen LogP) is 8.72. The van der Waals surface area contributed by atoms with Gasteiger partial charge in [-0.15, -0.1) is 29.1 Å². The van der Waals surface area contributed by atoms with Crippen LogP contribution < -0.4 is 0 Å². The molecule has 0 unspecified atom stereocenters. The average Bonchev–Trinajstić information content (AvgIpc) is 2.90. The molecule has 1 heterocycles. The molecule has 0 spiro atoms. The summed E-state index contributed by atoms with van der Waals surface area (Å²) in [6.07, 6.45) is 4.91. The van der Waals surface area contributed by atoms with Crippen molar-refractivity contribution in [3.05, 3.63) is 90.7 Å². The Labute approximate surface area is 229 Å². The van der Waals surface area contributed by atoms with Gasteiger partial charge in [-0.3, -0.25) is 9.78 Å². The van der Waals surface area contributed by atoms with E-state index in [1.165, 1.54) is 16.8 Å². The molecule has 4 aromatic rings. The van der Waals surface area contributed by atoms with Gasteiger partial charge in [0.25, 0.3) is 0 Å². The zero-order valence-corrected chi connectivity index (χ0v) is 24.0. The SMILES string of the molecule is CCC(CC)C(=O)/C=C(\O)C(CC)CC.[Ir].[c-]1cc2ccccc2cc1-c1ccc2ccccc2n1. The number of hydrogen-bond acceptors (Lipinski definition) is 3. The van der Waals surface area contributed by atoms with Crippen LogP contribution in [0.2, 0.25) is 0 Å². The van der Waals surface area contributed by atoms with E-state index in [0.29, 0.717) is 0 Å². The number of aliphatic hydroxyl groups excluding tert-OH is 1. The van der Waals surface area contributed by atoms with E-state index in [1.807, 2.05) is 58.0 Å². The zero-order valence-electron chi connectivity index (χ0n) is 21.6. The summed E-state index contributed by atoms with van der Waals surface area (Å²) in [5.74, 6) is 0.547. The van der Waals surface area contributed by atoms with Gasteiger partial charge in [-0.05, 0) is 42.8 Å². The third-order valence-corrected chi connectivity index (χ3v) is 6.64. The Morgan fingerprint density at radius 1 is 0.833 bits per heavy atom. The molecule has 0 saturated carbocycles. The maximum absolute atomic E-state index is 11.7. The molecule has 36 heavy (non-hydrogen) atoms. The summed E-state index contributed by atoms with van der Waals surface area (Å²) < 4.78 is 0. The summed E-state index contributed by atoms with van der Waals surface area (Å²) in [4.78, 5) is 16.4. The molecule has 0 aliphatic heterocycles. The molecule has 1 radical (unpaired) electrons. The van der Waals surface area contributed by atoms with Crippen molar-refractivity contribution >= 4 is 27.5 Å². The number of aromatic nitrogens is 1. The normalized spacial score (nSPS) is 11.3. The molecule has 0 bridgehead atoms. The first-order valence-electron chi connectivity index (χ1n) is 12.7. The predicted molar refractivity (Wildman–Crippen MR) is 147 cm³/mol. The number of benzene rings is 3. The summed E-state index contributed by atoms with van der Waals surface area (Å²) in [5.41, 5.74) is 3.02. The first-order chi connectivity index (χ1) is 17.0. The Bertz CT molecular complexity index is 1210. The van der Waals surface area contributed by atoms with E-state index in [4.69, 9.17) is 4.98 Å². The van der Waals surface area contributed by atoms with E-state index in [9.17, 15) is 9.90 Å².